The lowest BCUT2D eigenvalue weighted by Crippen LogP contribution is -2.30. The van der Waals surface area contributed by atoms with E-state index in [0.29, 0.717) is 0 Å². The van der Waals surface area contributed by atoms with Gasteiger partial charge in [0.2, 0.25) is 6.29 Å². The molecule has 2 N–H and O–H groups in total. The summed E-state index contributed by atoms with van der Waals surface area (Å²) in [6.07, 6.45) is 3.84. The van der Waals surface area contributed by atoms with Crippen LogP contribution in [0.2, 0.25) is 0 Å². The normalized spacial score (nSPS) is 23.1. The van der Waals surface area contributed by atoms with Crippen LogP contribution in [0, 0.1) is 5.92 Å². The summed E-state index contributed by atoms with van der Waals surface area (Å²) < 4.78 is 0. The highest BCUT2D eigenvalue weighted by Crippen LogP contribution is 2.04. The zero-order valence-electron chi connectivity index (χ0n) is 5.31. The molecule has 0 atom stereocenters. The largest absolute Gasteiger partial charge is 0.291 e. The van der Waals surface area contributed by atoms with E-state index in [1.54, 1.807) is 0 Å². The molecule has 9 heavy (non-hydrogen) atoms. The monoisotopic (exact) mass is 127 g/mol. The Hall–Kier alpha value is -0.410. The minimum atomic E-state index is 0.146. The number of hydrazine groups is 1. The fraction of sp³-hybridized carbons (Fsp3) is 0.833. The number of nitrogens with one attached hydrogen (secondary N) is 2. The van der Waals surface area contributed by atoms with E-state index >= 15 is 0 Å². The lowest BCUT2D eigenvalue weighted by atomic mass is 10.0. The first-order chi connectivity index (χ1) is 4.43. The van der Waals surface area contributed by atoms with Crippen LogP contribution in [0.25, 0.3) is 0 Å². The van der Waals surface area contributed by atoms with Crippen molar-refractivity contribution in [3.05, 3.63) is 0 Å². The molecule has 51 valence electrons. The lowest BCUT2D eigenvalue weighted by molar-refractivity contribution is 0.504. The molecule has 1 aliphatic rings. The van der Waals surface area contributed by atoms with Crippen LogP contribution in [0.4, 0.5) is 0 Å². The summed E-state index contributed by atoms with van der Waals surface area (Å²) in [5.41, 5.74) is 5.97. The average Bonchev–Trinajstić information content (AvgIpc) is 2.13. The van der Waals surface area contributed by atoms with Crippen LogP contribution in [-0.2, 0) is 4.79 Å². The van der Waals surface area contributed by atoms with Gasteiger partial charge in [-0.2, -0.15) is 0 Å². The molecule has 0 aromatic heterocycles. The quantitative estimate of drug-likeness (QED) is 0.503. The Balaban J connectivity index is 2.26. The molecule has 3 nitrogen and oxygen atoms in total. The minimum absolute atomic E-state index is 0.146. The van der Waals surface area contributed by atoms with Crippen molar-refractivity contribution in [3.8, 4) is 0 Å². The zero-order chi connectivity index (χ0) is 6.53. The molecule has 1 aliphatic heterocycles. The van der Waals surface area contributed by atoms with Gasteiger partial charge in [0.1, 0.15) is 0 Å². The summed E-state index contributed by atoms with van der Waals surface area (Å²) in [4.78, 5) is 10.1. The van der Waals surface area contributed by atoms with Crippen LogP contribution in [0.15, 0.2) is 0 Å². The van der Waals surface area contributed by atoms with Crippen molar-refractivity contribution in [3.63, 3.8) is 0 Å². The number of hydrogen-bond acceptors (Lipinski definition) is 3. The van der Waals surface area contributed by atoms with Gasteiger partial charge in [-0.1, -0.05) is 0 Å². The number of carbonyl (C=O) groups excluding carboxylic acids is 1. The van der Waals surface area contributed by atoms with E-state index < -0.39 is 0 Å². The van der Waals surface area contributed by atoms with Gasteiger partial charge in [0.15, 0.2) is 0 Å². The maximum Gasteiger partial charge on any atom is 0.201 e. The third-order valence-electron chi connectivity index (χ3n) is 1.53. The third-order valence-corrected chi connectivity index (χ3v) is 1.53. The lowest BCUT2D eigenvalue weighted by Gasteiger charge is -1.99. The summed E-state index contributed by atoms with van der Waals surface area (Å²) in [6.45, 7) is 1.75. The highest BCUT2D eigenvalue weighted by Gasteiger charge is 2.09. The Kier molecular flexibility index (Phi) is 2.67. The molecule has 1 radical (unpaired) electrons. The summed E-state index contributed by atoms with van der Waals surface area (Å²) >= 11 is 0. The van der Waals surface area contributed by atoms with Crippen LogP contribution in [0.5, 0.6) is 0 Å². The van der Waals surface area contributed by atoms with E-state index in [-0.39, 0.29) is 5.92 Å². The molecule has 3 heteroatoms. The number of rotatable bonds is 1. The fourth-order valence-electron chi connectivity index (χ4n) is 0.932. The summed E-state index contributed by atoms with van der Waals surface area (Å²) in [5.74, 6) is 0.146. The first kappa shape index (κ1) is 6.71. The molecule has 0 aromatic carbocycles. The first-order valence-corrected chi connectivity index (χ1v) is 3.27. The van der Waals surface area contributed by atoms with Crippen molar-refractivity contribution in [2.45, 2.75) is 12.8 Å². The molecule has 1 saturated heterocycles. The van der Waals surface area contributed by atoms with E-state index in [4.69, 9.17) is 0 Å². The predicted octanol–water partition coefficient (Wildman–Crippen LogP) is -0.400. The van der Waals surface area contributed by atoms with Crippen LogP contribution < -0.4 is 10.9 Å². The van der Waals surface area contributed by atoms with Gasteiger partial charge in [-0.25, -0.2) is 0 Å². The van der Waals surface area contributed by atoms with Gasteiger partial charge < -0.3 is 0 Å². The van der Waals surface area contributed by atoms with Gasteiger partial charge in [0.25, 0.3) is 0 Å². The Labute approximate surface area is 54.8 Å². The van der Waals surface area contributed by atoms with Gasteiger partial charge in [0.05, 0.1) is 0 Å². The fourth-order valence-corrected chi connectivity index (χ4v) is 0.932. The van der Waals surface area contributed by atoms with Crippen LogP contribution in [-0.4, -0.2) is 19.4 Å². The highest BCUT2D eigenvalue weighted by molar-refractivity contribution is 5.54. The third kappa shape index (κ3) is 2.11. The molecule has 0 bridgehead atoms. The molecule has 1 rings (SSSR count). The van der Waals surface area contributed by atoms with Crippen LogP contribution in [0.3, 0.4) is 0 Å². The Morgan fingerprint density at radius 3 is 2.22 bits per heavy atom. The second kappa shape index (κ2) is 3.58. The standard InChI is InChI=1S/C6H11N2O/c9-5-6-1-3-7-8-4-2-6/h6-8H,1-4H2. The Morgan fingerprint density at radius 1 is 1.22 bits per heavy atom. The average molecular weight is 127 g/mol. The second-order valence-electron chi connectivity index (χ2n) is 2.25. The summed E-state index contributed by atoms with van der Waals surface area (Å²) in [7, 11) is 0. The highest BCUT2D eigenvalue weighted by atomic mass is 16.1. The molecule has 0 saturated carbocycles. The molecule has 0 unspecified atom stereocenters. The van der Waals surface area contributed by atoms with Gasteiger partial charge in [-0.15, -0.1) is 0 Å². The van der Waals surface area contributed by atoms with Crippen molar-refractivity contribution < 1.29 is 4.79 Å². The molecular weight excluding hydrogens is 116 g/mol. The van der Waals surface area contributed by atoms with E-state index in [1.807, 2.05) is 6.29 Å². The van der Waals surface area contributed by atoms with E-state index in [2.05, 4.69) is 10.9 Å². The van der Waals surface area contributed by atoms with Gasteiger partial charge >= 0.3 is 0 Å². The second-order valence-corrected chi connectivity index (χ2v) is 2.25. The molecular formula is C6H11N2O. The minimum Gasteiger partial charge on any atom is -0.291 e. The molecule has 0 aromatic rings. The van der Waals surface area contributed by atoms with Crippen LogP contribution >= 0.6 is 0 Å². The summed E-state index contributed by atoms with van der Waals surface area (Å²) in [6, 6.07) is 0. The van der Waals surface area contributed by atoms with Crippen molar-refractivity contribution in [1.82, 2.24) is 10.9 Å². The van der Waals surface area contributed by atoms with E-state index in [0.717, 1.165) is 25.9 Å². The Morgan fingerprint density at radius 2 is 1.78 bits per heavy atom. The first-order valence-electron chi connectivity index (χ1n) is 3.27. The van der Waals surface area contributed by atoms with Crippen molar-refractivity contribution >= 4 is 6.29 Å². The van der Waals surface area contributed by atoms with Crippen LogP contribution in [0.1, 0.15) is 12.8 Å². The van der Waals surface area contributed by atoms with Gasteiger partial charge in [-0.3, -0.25) is 15.6 Å². The van der Waals surface area contributed by atoms with Crippen molar-refractivity contribution in [1.29, 1.82) is 0 Å². The van der Waals surface area contributed by atoms with Gasteiger partial charge in [-0.05, 0) is 12.8 Å². The topological polar surface area (TPSA) is 41.1 Å². The smallest absolute Gasteiger partial charge is 0.201 e. The van der Waals surface area contributed by atoms with E-state index in [9.17, 15) is 4.79 Å². The predicted molar refractivity (Wildman–Crippen MR) is 34.4 cm³/mol. The number of hydrogen-bond donors (Lipinski definition) is 2. The van der Waals surface area contributed by atoms with Crippen molar-refractivity contribution in [2.24, 2.45) is 5.92 Å². The molecule has 0 aliphatic carbocycles. The maximum absolute atomic E-state index is 10.1. The molecule has 1 fully saturated rings. The van der Waals surface area contributed by atoms with Gasteiger partial charge in [0, 0.05) is 19.0 Å². The van der Waals surface area contributed by atoms with Crippen molar-refractivity contribution in [2.75, 3.05) is 13.1 Å². The SMILES string of the molecule is O=[C]C1CCNNCC1. The molecule has 0 amide bonds. The maximum atomic E-state index is 10.1. The Bertz CT molecular complexity index is 87.1. The van der Waals surface area contributed by atoms with E-state index in [1.165, 1.54) is 0 Å². The summed E-state index contributed by atoms with van der Waals surface area (Å²) in [5, 5.41) is 0. The molecule has 1 heterocycles. The molecule has 0 spiro atoms. The zero-order valence-corrected chi connectivity index (χ0v) is 5.31.